The second kappa shape index (κ2) is 11.8. The third-order valence-electron chi connectivity index (χ3n) is 9.26. The second-order valence-corrected chi connectivity index (χ2v) is 12.1. The van der Waals surface area contributed by atoms with E-state index in [4.69, 9.17) is 4.42 Å². The Bertz CT molecular complexity index is 2480. The van der Waals surface area contributed by atoms with E-state index in [1.807, 2.05) is 6.07 Å². The van der Waals surface area contributed by atoms with Gasteiger partial charge in [-0.1, -0.05) is 146 Å². The van der Waals surface area contributed by atoms with E-state index in [1.54, 1.807) is 0 Å². The van der Waals surface area contributed by atoms with E-state index in [0.29, 0.717) is 0 Å². The summed E-state index contributed by atoms with van der Waals surface area (Å²) in [6.07, 6.45) is 0. The van der Waals surface area contributed by atoms with Crippen molar-refractivity contribution in [1.82, 2.24) is 0 Å². The van der Waals surface area contributed by atoms with Crippen LogP contribution in [-0.2, 0) is 0 Å². The van der Waals surface area contributed by atoms with Gasteiger partial charge in [-0.05, 0) is 75.7 Å². The molecule has 226 valence electrons. The van der Waals surface area contributed by atoms with Crippen LogP contribution in [0.25, 0.3) is 66.1 Å². The lowest BCUT2D eigenvalue weighted by molar-refractivity contribution is 0.673. The van der Waals surface area contributed by atoms with Gasteiger partial charge < -0.3 is 9.32 Å². The van der Waals surface area contributed by atoms with Crippen LogP contribution in [0, 0.1) is 0 Å². The summed E-state index contributed by atoms with van der Waals surface area (Å²) in [6.45, 7) is 0. The molecular weight excluding hydrogens is 583 g/mol. The van der Waals surface area contributed by atoms with Gasteiger partial charge in [-0.15, -0.1) is 0 Å². The normalized spacial score (nSPS) is 11.3. The van der Waals surface area contributed by atoms with E-state index in [0.717, 1.165) is 50.0 Å². The number of anilines is 3. The molecular formula is C46H31NO. The minimum atomic E-state index is 0.895. The zero-order valence-electron chi connectivity index (χ0n) is 26.3. The Balaban J connectivity index is 1.29. The van der Waals surface area contributed by atoms with Gasteiger partial charge in [0.25, 0.3) is 0 Å². The lowest BCUT2D eigenvalue weighted by Gasteiger charge is -2.25. The molecule has 8 aromatic carbocycles. The lowest BCUT2D eigenvalue weighted by Crippen LogP contribution is -2.09. The smallest absolute Gasteiger partial charge is 0.143 e. The minimum absolute atomic E-state index is 0.895. The van der Waals surface area contributed by atoms with E-state index in [2.05, 4.69) is 187 Å². The zero-order valence-corrected chi connectivity index (χ0v) is 26.3. The summed E-state index contributed by atoms with van der Waals surface area (Å²) in [5, 5.41) is 4.55. The molecule has 0 aliphatic rings. The van der Waals surface area contributed by atoms with E-state index < -0.39 is 0 Å². The monoisotopic (exact) mass is 613 g/mol. The number of fused-ring (bicyclic) bond motifs is 5. The molecule has 0 atom stereocenters. The molecule has 9 rings (SSSR count). The Kier molecular flexibility index (Phi) is 6.84. The van der Waals surface area contributed by atoms with Crippen molar-refractivity contribution >= 4 is 49.8 Å². The van der Waals surface area contributed by atoms with Gasteiger partial charge in [0.15, 0.2) is 0 Å². The first-order valence-electron chi connectivity index (χ1n) is 16.4. The van der Waals surface area contributed by atoms with Crippen LogP contribution in [0.15, 0.2) is 192 Å². The summed E-state index contributed by atoms with van der Waals surface area (Å²) >= 11 is 0. The highest BCUT2D eigenvalue weighted by Gasteiger charge is 2.23. The van der Waals surface area contributed by atoms with Gasteiger partial charge in [-0.2, -0.15) is 0 Å². The summed E-state index contributed by atoms with van der Waals surface area (Å²) in [5.41, 5.74) is 12.3. The molecule has 9 aromatic rings. The van der Waals surface area contributed by atoms with Crippen molar-refractivity contribution in [1.29, 1.82) is 0 Å². The first kappa shape index (κ1) is 27.9. The highest BCUT2D eigenvalue weighted by molar-refractivity contribution is 6.26. The maximum absolute atomic E-state index is 6.67. The second-order valence-electron chi connectivity index (χ2n) is 12.1. The van der Waals surface area contributed by atoms with Crippen LogP contribution in [0.3, 0.4) is 0 Å². The molecule has 1 heterocycles. The fourth-order valence-corrected chi connectivity index (χ4v) is 7.07. The Labute approximate surface area is 279 Å². The maximum atomic E-state index is 6.67. The largest absolute Gasteiger partial charge is 0.455 e. The Morgan fingerprint density at radius 3 is 1.40 bits per heavy atom. The average Bonchev–Trinajstić information content (AvgIpc) is 3.56. The zero-order chi connectivity index (χ0) is 31.9. The first-order valence-corrected chi connectivity index (χ1v) is 16.4. The van der Waals surface area contributed by atoms with E-state index in [9.17, 15) is 0 Å². The van der Waals surface area contributed by atoms with Crippen LogP contribution in [0.4, 0.5) is 17.1 Å². The molecule has 0 radical (unpaired) electrons. The number of para-hydroxylation sites is 3. The molecule has 0 fully saturated rings. The first-order chi connectivity index (χ1) is 23.8. The van der Waals surface area contributed by atoms with Gasteiger partial charge in [0, 0.05) is 38.8 Å². The molecule has 0 bridgehead atoms. The number of hydrogen-bond donors (Lipinski definition) is 0. The van der Waals surface area contributed by atoms with Crippen molar-refractivity contribution in [2.75, 3.05) is 4.90 Å². The molecule has 2 nitrogen and oxygen atoms in total. The molecule has 1 aromatic heterocycles. The minimum Gasteiger partial charge on any atom is -0.455 e. The molecule has 0 saturated carbocycles. The van der Waals surface area contributed by atoms with Crippen LogP contribution in [0.5, 0.6) is 0 Å². The molecule has 0 spiro atoms. The van der Waals surface area contributed by atoms with Gasteiger partial charge in [-0.25, -0.2) is 0 Å². The molecule has 0 amide bonds. The molecule has 0 unspecified atom stereocenters. The van der Waals surface area contributed by atoms with E-state index >= 15 is 0 Å². The number of nitrogens with zero attached hydrogens (tertiary/aromatic N) is 1. The van der Waals surface area contributed by atoms with Crippen LogP contribution >= 0.6 is 0 Å². The summed E-state index contributed by atoms with van der Waals surface area (Å²) in [4.78, 5) is 2.30. The van der Waals surface area contributed by atoms with E-state index in [1.165, 1.54) is 33.2 Å². The number of hydrogen-bond acceptors (Lipinski definition) is 2. The summed E-state index contributed by atoms with van der Waals surface area (Å²) in [7, 11) is 0. The SMILES string of the molecule is c1ccc(-c2ccc(-c3c(-c4ccc(N(c5ccccc5)c5ccccc5)cc4)c4c5ccccc5oc4c4ccccc34)cc2)cc1. The summed E-state index contributed by atoms with van der Waals surface area (Å²) < 4.78 is 6.67. The Morgan fingerprint density at radius 1 is 0.312 bits per heavy atom. The highest BCUT2D eigenvalue weighted by Crippen LogP contribution is 2.48. The quantitative estimate of drug-likeness (QED) is 0.185. The third kappa shape index (κ3) is 4.74. The van der Waals surface area contributed by atoms with Crippen LogP contribution in [0.1, 0.15) is 0 Å². The standard InChI is InChI=1S/C46H31NO/c1-4-14-32(15-5-1)33-24-26-34(27-25-33)43-39-20-10-11-21-40(39)46-45(41-22-12-13-23-42(41)48-46)44(43)35-28-30-38(31-29-35)47(36-16-6-2-7-17-36)37-18-8-3-9-19-37/h1-31H. The molecule has 48 heavy (non-hydrogen) atoms. The van der Waals surface area contributed by atoms with Gasteiger partial charge in [0.05, 0.1) is 0 Å². The maximum Gasteiger partial charge on any atom is 0.143 e. The number of furan rings is 1. The third-order valence-corrected chi connectivity index (χ3v) is 9.26. The van der Waals surface area contributed by atoms with Crippen LogP contribution in [0.2, 0.25) is 0 Å². The molecule has 0 aliphatic carbocycles. The van der Waals surface area contributed by atoms with Gasteiger partial charge >= 0.3 is 0 Å². The topological polar surface area (TPSA) is 16.4 Å². The Morgan fingerprint density at radius 2 is 0.750 bits per heavy atom. The number of benzene rings is 8. The number of rotatable bonds is 6. The van der Waals surface area contributed by atoms with Crippen LogP contribution < -0.4 is 4.90 Å². The van der Waals surface area contributed by atoms with Crippen molar-refractivity contribution in [2.45, 2.75) is 0 Å². The predicted molar refractivity (Wildman–Crippen MR) is 202 cm³/mol. The predicted octanol–water partition coefficient (Wildman–Crippen LogP) is 13.2. The van der Waals surface area contributed by atoms with E-state index in [-0.39, 0.29) is 0 Å². The van der Waals surface area contributed by atoms with Crippen molar-refractivity contribution in [3.8, 4) is 33.4 Å². The molecule has 0 N–H and O–H groups in total. The van der Waals surface area contributed by atoms with Gasteiger partial charge in [0.2, 0.25) is 0 Å². The van der Waals surface area contributed by atoms with Gasteiger partial charge in [0.1, 0.15) is 11.2 Å². The molecule has 0 aliphatic heterocycles. The summed E-state index contributed by atoms with van der Waals surface area (Å²) in [5.74, 6) is 0. The average molecular weight is 614 g/mol. The van der Waals surface area contributed by atoms with Crippen molar-refractivity contribution in [3.05, 3.63) is 188 Å². The Hall–Kier alpha value is -6.38. The van der Waals surface area contributed by atoms with Crippen molar-refractivity contribution in [2.24, 2.45) is 0 Å². The van der Waals surface area contributed by atoms with Crippen LogP contribution in [-0.4, -0.2) is 0 Å². The fraction of sp³-hybridized carbons (Fsp3) is 0. The van der Waals surface area contributed by atoms with Gasteiger partial charge in [-0.3, -0.25) is 0 Å². The fourth-order valence-electron chi connectivity index (χ4n) is 7.07. The summed E-state index contributed by atoms with van der Waals surface area (Å²) in [6, 6.07) is 66.7. The highest BCUT2D eigenvalue weighted by atomic mass is 16.3. The van der Waals surface area contributed by atoms with Crippen molar-refractivity contribution < 1.29 is 4.42 Å². The molecule has 0 saturated heterocycles. The lowest BCUT2D eigenvalue weighted by atomic mass is 9.86. The van der Waals surface area contributed by atoms with Crippen molar-refractivity contribution in [3.63, 3.8) is 0 Å². The molecule has 2 heteroatoms.